The monoisotopic (exact) mass is 343 g/mol. The van der Waals surface area contributed by atoms with Crippen LogP contribution >= 0.6 is 11.3 Å². The van der Waals surface area contributed by atoms with E-state index in [4.69, 9.17) is 4.74 Å². The standard InChI is InChI=1S/C18H21N3O2S/c22-17-11-23-16-8-13(6-7-15(16)21-17)19-9-14-10-20-18(24-14)12-4-2-1-3-5-12/h6-8,10,12,19H,1-5,9,11H2,(H,21,22). The molecule has 0 radical (unpaired) electrons. The van der Waals surface area contributed by atoms with Crippen molar-refractivity contribution in [1.29, 1.82) is 0 Å². The van der Waals surface area contributed by atoms with Crippen molar-refractivity contribution in [3.63, 3.8) is 0 Å². The van der Waals surface area contributed by atoms with Crippen LogP contribution in [0.2, 0.25) is 0 Å². The maximum absolute atomic E-state index is 11.3. The Bertz CT molecular complexity index is 738. The van der Waals surface area contributed by atoms with Crippen LogP contribution in [0.5, 0.6) is 5.75 Å². The molecule has 0 saturated heterocycles. The van der Waals surface area contributed by atoms with Crippen molar-refractivity contribution in [2.75, 3.05) is 17.2 Å². The average Bonchev–Trinajstić information content (AvgIpc) is 3.10. The molecule has 1 fully saturated rings. The third-order valence-corrected chi connectivity index (χ3v) is 5.77. The smallest absolute Gasteiger partial charge is 0.262 e. The molecule has 126 valence electrons. The van der Waals surface area contributed by atoms with E-state index in [1.165, 1.54) is 42.0 Å². The van der Waals surface area contributed by atoms with Gasteiger partial charge in [-0.2, -0.15) is 0 Å². The largest absolute Gasteiger partial charge is 0.482 e. The summed E-state index contributed by atoms with van der Waals surface area (Å²) >= 11 is 1.83. The molecule has 0 atom stereocenters. The van der Waals surface area contributed by atoms with Gasteiger partial charge < -0.3 is 15.4 Å². The van der Waals surface area contributed by atoms with Gasteiger partial charge in [-0.3, -0.25) is 4.79 Å². The number of rotatable bonds is 4. The molecular formula is C18H21N3O2S. The van der Waals surface area contributed by atoms with Crippen LogP contribution in [0, 0.1) is 0 Å². The number of carbonyl (C=O) groups is 1. The summed E-state index contributed by atoms with van der Waals surface area (Å²) in [5.41, 5.74) is 1.71. The average molecular weight is 343 g/mol. The van der Waals surface area contributed by atoms with E-state index in [9.17, 15) is 4.79 Å². The molecule has 2 aliphatic rings. The number of fused-ring (bicyclic) bond motifs is 1. The van der Waals surface area contributed by atoms with Crippen molar-refractivity contribution in [2.24, 2.45) is 0 Å². The summed E-state index contributed by atoms with van der Waals surface area (Å²) in [4.78, 5) is 17.2. The van der Waals surface area contributed by atoms with Crippen molar-refractivity contribution in [1.82, 2.24) is 4.98 Å². The number of carbonyl (C=O) groups excluding carboxylic acids is 1. The maximum Gasteiger partial charge on any atom is 0.262 e. The minimum Gasteiger partial charge on any atom is -0.482 e. The molecule has 1 aromatic heterocycles. The number of ether oxygens (including phenoxy) is 1. The normalized spacial score (nSPS) is 17.8. The zero-order valence-corrected chi connectivity index (χ0v) is 14.3. The van der Waals surface area contributed by atoms with Gasteiger partial charge in [0.1, 0.15) is 5.75 Å². The fourth-order valence-electron chi connectivity index (χ4n) is 3.32. The summed E-state index contributed by atoms with van der Waals surface area (Å²) in [5, 5.41) is 7.51. The summed E-state index contributed by atoms with van der Waals surface area (Å²) in [5.74, 6) is 1.27. The third kappa shape index (κ3) is 3.38. The Morgan fingerprint density at radius 3 is 3.04 bits per heavy atom. The van der Waals surface area contributed by atoms with Crippen LogP contribution in [0.1, 0.15) is 47.9 Å². The molecule has 24 heavy (non-hydrogen) atoms. The van der Waals surface area contributed by atoms with Gasteiger partial charge in [0, 0.05) is 28.7 Å². The van der Waals surface area contributed by atoms with E-state index >= 15 is 0 Å². The minimum absolute atomic E-state index is 0.0794. The molecule has 1 amide bonds. The van der Waals surface area contributed by atoms with Gasteiger partial charge in [-0.25, -0.2) is 4.98 Å². The lowest BCUT2D eigenvalue weighted by Crippen LogP contribution is -2.25. The molecule has 1 aliphatic carbocycles. The first kappa shape index (κ1) is 15.4. The van der Waals surface area contributed by atoms with Gasteiger partial charge >= 0.3 is 0 Å². The molecule has 2 heterocycles. The topological polar surface area (TPSA) is 63.2 Å². The minimum atomic E-state index is -0.108. The fraction of sp³-hybridized carbons (Fsp3) is 0.444. The van der Waals surface area contributed by atoms with Crippen LogP contribution in [-0.4, -0.2) is 17.5 Å². The number of nitrogens with one attached hydrogen (secondary N) is 2. The molecule has 4 rings (SSSR count). The zero-order valence-electron chi connectivity index (χ0n) is 13.5. The van der Waals surface area contributed by atoms with Crippen LogP contribution in [0.3, 0.4) is 0 Å². The number of hydrogen-bond acceptors (Lipinski definition) is 5. The highest BCUT2D eigenvalue weighted by molar-refractivity contribution is 7.11. The summed E-state index contributed by atoms with van der Waals surface area (Å²) in [6, 6.07) is 5.75. The number of anilines is 2. The van der Waals surface area contributed by atoms with Crippen molar-refractivity contribution in [3.05, 3.63) is 34.3 Å². The predicted octanol–water partition coefficient (Wildman–Crippen LogP) is 4.13. The second-order valence-electron chi connectivity index (χ2n) is 6.40. The van der Waals surface area contributed by atoms with E-state index < -0.39 is 0 Å². The predicted molar refractivity (Wildman–Crippen MR) is 95.8 cm³/mol. The second-order valence-corrected chi connectivity index (χ2v) is 7.55. The van der Waals surface area contributed by atoms with E-state index in [1.807, 2.05) is 35.7 Å². The van der Waals surface area contributed by atoms with Gasteiger partial charge in [0.2, 0.25) is 0 Å². The fourth-order valence-corrected chi connectivity index (χ4v) is 4.34. The SMILES string of the molecule is O=C1COc2cc(NCc3cnc(C4CCCCC4)s3)ccc2N1. The molecule has 2 aromatic rings. The van der Waals surface area contributed by atoms with E-state index in [2.05, 4.69) is 15.6 Å². The molecule has 0 spiro atoms. The van der Waals surface area contributed by atoms with Gasteiger partial charge in [-0.1, -0.05) is 19.3 Å². The summed E-state index contributed by atoms with van der Waals surface area (Å²) in [6.07, 6.45) is 8.61. The van der Waals surface area contributed by atoms with E-state index in [0.29, 0.717) is 11.7 Å². The molecule has 6 heteroatoms. The molecule has 1 aromatic carbocycles. The molecule has 2 N–H and O–H groups in total. The van der Waals surface area contributed by atoms with Crippen molar-refractivity contribution >= 4 is 28.6 Å². The number of amides is 1. The first-order valence-electron chi connectivity index (χ1n) is 8.53. The van der Waals surface area contributed by atoms with Gasteiger partial charge in [0.05, 0.1) is 17.2 Å². The Kier molecular flexibility index (Phi) is 4.38. The highest BCUT2D eigenvalue weighted by Gasteiger charge is 2.19. The van der Waals surface area contributed by atoms with Crippen LogP contribution in [0.15, 0.2) is 24.4 Å². The highest BCUT2D eigenvalue weighted by Crippen LogP contribution is 2.35. The Morgan fingerprint density at radius 1 is 1.29 bits per heavy atom. The highest BCUT2D eigenvalue weighted by atomic mass is 32.1. The number of aromatic nitrogens is 1. The van der Waals surface area contributed by atoms with Crippen molar-refractivity contribution in [2.45, 2.75) is 44.6 Å². The lowest BCUT2D eigenvalue weighted by Gasteiger charge is -2.19. The summed E-state index contributed by atoms with van der Waals surface area (Å²) in [7, 11) is 0. The van der Waals surface area contributed by atoms with E-state index in [0.717, 1.165) is 17.9 Å². The molecule has 0 unspecified atom stereocenters. The Balaban J connectivity index is 1.38. The quantitative estimate of drug-likeness (QED) is 0.876. The van der Waals surface area contributed by atoms with E-state index in [1.54, 1.807) is 0 Å². The first-order chi connectivity index (χ1) is 11.8. The van der Waals surface area contributed by atoms with Gasteiger partial charge in [-0.15, -0.1) is 11.3 Å². The van der Waals surface area contributed by atoms with Gasteiger partial charge in [0.15, 0.2) is 6.61 Å². The Hall–Kier alpha value is -2.08. The number of benzene rings is 1. The van der Waals surface area contributed by atoms with Crippen LogP contribution in [-0.2, 0) is 11.3 Å². The Morgan fingerprint density at radius 2 is 2.17 bits per heavy atom. The number of thiazole rings is 1. The van der Waals surface area contributed by atoms with Gasteiger partial charge in [-0.05, 0) is 25.0 Å². The molecule has 5 nitrogen and oxygen atoms in total. The lowest BCUT2D eigenvalue weighted by atomic mass is 9.90. The summed E-state index contributed by atoms with van der Waals surface area (Å²) < 4.78 is 5.45. The number of nitrogens with zero attached hydrogens (tertiary/aromatic N) is 1. The third-order valence-electron chi connectivity index (χ3n) is 4.61. The maximum atomic E-state index is 11.3. The summed E-state index contributed by atoms with van der Waals surface area (Å²) in [6.45, 7) is 0.839. The van der Waals surface area contributed by atoms with Crippen molar-refractivity contribution < 1.29 is 9.53 Å². The van der Waals surface area contributed by atoms with Crippen LogP contribution < -0.4 is 15.4 Å². The number of hydrogen-bond donors (Lipinski definition) is 2. The molecular weight excluding hydrogens is 322 g/mol. The molecule has 1 aliphatic heterocycles. The van der Waals surface area contributed by atoms with Gasteiger partial charge in [0.25, 0.3) is 5.91 Å². The second kappa shape index (κ2) is 6.81. The molecule has 0 bridgehead atoms. The zero-order chi connectivity index (χ0) is 16.4. The lowest BCUT2D eigenvalue weighted by molar-refractivity contribution is -0.118. The van der Waals surface area contributed by atoms with Crippen LogP contribution in [0.25, 0.3) is 0 Å². The van der Waals surface area contributed by atoms with Crippen LogP contribution in [0.4, 0.5) is 11.4 Å². The first-order valence-corrected chi connectivity index (χ1v) is 9.35. The van der Waals surface area contributed by atoms with E-state index in [-0.39, 0.29) is 12.5 Å². The Labute approximate surface area is 145 Å². The molecule has 1 saturated carbocycles. The van der Waals surface area contributed by atoms with Crippen molar-refractivity contribution in [3.8, 4) is 5.75 Å².